The second-order valence-electron chi connectivity index (χ2n) is 5.86. The zero-order valence-corrected chi connectivity index (χ0v) is 15.2. The number of nitrogens with zero attached hydrogens (tertiary/aromatic N) is 1. The molecule has 8 nitrogen and oxygen atoms in total. The van der Waals surface area contributed by atoms with Gasteiger partial charge >= 0.3 is 12.2 Å². The molecule has 0 radical (unpaired) electrons. The third-order valence-electron chi connectivity index (χ3n) is 3.74. The van der Waals surface area contributed by atoms with Gasteiger partial charge in [0.25, 0.3) is 0 Å². The van der Waals surface area contributed by atoms with Crippen LogP contribution in [0.1, 0.15) is 22.3 Å². The van der Waals surface area contributed by atoms with Gasteiger partial charge in [0, 0.05) is 31.4 Å². The van der Waals surface area contributed by atoms with Crippen LogP contribution in [0.4, 0.5) is 15.3 Å². The van der Waals surface area contributed by atoms with Gasteiger partial charge in [-0.3, -0.25) is 4.99 Å². The normalized spacial score (nSPS) is 10.6. The van der Waals surface area contributed by atoms with Crippen LogP contribution >= 0.6 is 0 Å². The van der Waals surface area contributed by atoms with E-state index in [1.165, 1.54) is 19.3 Å². The Kier molecular flexibility index (Phi) is 6.37. The number of rotatable bonds is 5. The highest BCUT2D eigenvalue weighted by Gasteiger charge is 2.08. The number of amides is 2. The molecule has 2 aromatic carbocycles. The van der Waals surface area contributed by atoms with Crippen molar-refractivity contribution in [2.75, 3.05) is 7.05 Å². The van der Waals surface area contributed by atoms with Gasteiger partial charge < -0.3 is 25.6 Å². The number of aromatic hydroxyl groups is 1. The van der Waals surface area contributed by atoms with E-state index in [2.05, 4.69) is 15.6 Å². The molecule has 0 bridgehead atoms. The summed E-state index contributed by atoms with van der Waals surface area (Å²) < 4.78 is 4.95. The fourth-order valence-corrected chi connectivity index (χ4v) is 2.52. The number of carbonyl (C=O) groups is 2. The third kappa shape index (κ3) is 5.46. The van der Waals surface area contributed by atoms with Gasteiger partial charge in [0.05, 0.1) is 5.69 Å². The predicted octanol–water partition coefficient (Wildman–Crippen LogP) is 3.25. The Balaban J connectivity index is 2.20. The van der Waals surface area contributed by atoms with Crippen molar-refractivity contribution in [1.82, 2.24) is 10.6 Å². The number of carboxylic acid groups (broad SMARTS) is 1. The molecule has 142 valence electrons. The number of hydrogen-bond acceptors (Lipinski definition) is 5. The molecule has 0 aliphatic rings. The molecule has 0 fully saturated rings. The molecule has 4 N–H and O–H groups in total. The van der Waals surface area contributed by atoms with E-state index in [4.69, 9.17) is 9.84 Å². The van der Waals surface area contributed by atoms with Gasteiger partial charge in [0.2, 0.25) is 0 Å². The molecule has 0 saturated heterocycles. The zero-order chi connectivity index (χ0) is 20.0. The van der Waals surface area contributed by atoms with Crippen molar-refractivity contribution in [2.24, 2.45) is 4.99 Å². The van der Waals surface area contributed by atoms with E-state index in [0.717, 1.165) is 22.4 Å². The van der Waals surface area contributed by atoms with Gasteiger partial charge in [-0.25, -0.2) is 9.59 Å². The maximum absolute atomic E-state index is 11.2. The summed E-state index contributed by atoms with van der Waals surface area (Å²) in [5, 5.41) is 23.4. The van der Waals surface area contributed by atoms with Gasteiger partial charge in [0.1, 0.15) is 11.5 Å². The predicted molar refractivity (Wildman–Crippen MR) is 101 cm³/mol. The van der Waals surface area contributed by atoms with E-state index in [-0.39, 0.29) is 18.0 Å². The summed E-state index contributed by atoms with van der Waals surface area (Å²) in [6.45, 7) is 3.97. The molecule has 0 heterocycles. The first-order valence-electron chi connectivity index (χ1n) is 8.13. The minimum atomic E-state index is -1.08. The van der Waals surface area contributed by atoms with Gasteiger partial charge in [-0.2, -0.15) is 0 Å². The van der Waals surface area contributed by atoms with Gasteiger partial charge in [0.15, 0.2) is 0 Å². The molecule has 0 aromatic heterocycles. The summed E-state index contributed by atoms with van der Waals surface area (Å²) in [4.78, 5) is 26.2. The highest BCUT2D eigenvalue weighted by atomic mass is 16.6. The van der Waals surface area contributed by atoms with Gasteiger partial charge in [-0.05, 0) is 42.7 Å². The Hall–Kier alpha value is -3.55. The van der Waals surface area contributed by atoms with E-state index < -0.39 is 12.2 Å². The van der Waals surface area contributed by atoms with Crippen molar-refractivity contribution in [1.29, 1.82) is 0 Å². The Bertz CT molecular complexity index is 870. The van der Waals surface area contributed by atoms with Crippen molar-refractivity contribution in [3.8, 4) is 11.5 Å². The van der Waals surface area contributed by atoms with E-state index >= 15 is 0 Å². The van der Waals surface area contributed by atoms with E-state index in [0.29, 0.717) is 5.56 Å². The molecule has 0 aliphatic heterocycles. The first kappa shape index (κ1) is 19.8. The molecule has 27 heavy (non-hydrogen) atoms. The van der Waals surface area contributed by atoms with Crippen molar-refractivity contribution in [3.05, 3.63) is 52.6 Å². The zero-order valence-electron chi connectivity index (χ0n) is 15.2. The average Bonchev–Trinajstić information content (AvgIpc) is 2.60. The third-order valence-corrected chi connectivity index (χ3v) is 3.74. The molecule has 8 heteroatoms. The smallest absolute Gasteiger partial charge is 0.412 e. The Morgan fingerprint density at radius 2 is 1.85 bits per heavy atom. The number of aliphatic imine (C=N–C) groups is 1. The molecule has 0 unspecified atom stereocenters. The molecule has 0 atom stereocenters. The van der Waals surface area contributed by atoms with Crippen molar-refractivity contribution >= 4 is 24.1 Å². The van der Waals surface area contributed by atoms with Crippen LogP contribution in [0, 0.1) is 13.8 Å². The Labute approximate surface area is 156 Å². The fourth-order valence-electron chi connectivity index (χ4n) is 2.52. The maximum Gasteiger partial charge on any atom is 0.412 e. The summed E-state index contributed by atoms with van der Waals surface area (Å²) in [6.07, 6.45) is -0.185. The molecular weight excluding hydrogens is 350 g/mol. The minimum absolute atomic E-state index is 0.0715. The lowest BCUT2D eigenvalue weighted by molar-refractivity contribution is 0.194. The van der Waals surface area contributed by atoms with Crippen LogP contribution in [0.25, 0.3) is 0 Å². The highest BCUT2D eigenvalue weighted by molar-refractivity contribution is 5.86. The summed E-state index contributed by atoms with van der Waals surface area (Å²) in [7, 11) is 1.44. The second-order valence-corrected chi connectivity index (χ2v) is 5.86. The molecule has 0 saturated carbocycles. The van der Waals surface area contributed by atoms with Crippen LogP contribution in [-0.4, -0.2) is 35.7 Å². The summed E-state index contributed by atoms with van der Waals surface area (Å²) in [5.74, 6) is 0.143. The second kappa shape index (κ2) is 8.70. The standard InChI is InChI=1S/C19H21N3O5/c1-11-6-13(9-22-18(24)25)7-12(2)17(11)21-10-14-4-5-15(8-16(14)23)27-19(26)20-3/h4-8,10,22-23H,9H2,1-3H3,(H,20,26)(H,24,25). The summed E-state index contributed by atoms with van der Waals surface area (Å²) in [6, 6.07) is 8.19. The van der Waals surface area contributed by atoms with Crippen LogP contribution in [0.3, 0.4) is 0 Å². The van der Waals surface area contributed by atoms with Crippen LogP contribution in [-0.2, 0) is 6.54 Å². The Morgan fingerprint density at radius 1 is 1.19 bits per heavy atom. The minimum Gasteiger partial charge on any atom is -0.507 e. The van der Waals surface area contributed by atoms with Crippen LogP contribution in [0.15, 0.2) is 35.3 Å². The van der Waals surface area contributed by atoms with Crippen molar-refractivity contribution in [3.63, 3.8) is 0 Å². The number of phenolic OH excluding ortho intramolecular Hbond substituents is 1. The number of ether oxygens (including phenoxy) is 1. The van der Waals surface area contributed by atoms with Crippen molar-refractivity contribution < 1.29 is 24.5 Å². The van der Waals surface area contributed by atoms with Crippen molar-refractivity contribution in [2.45, 2.75) is 20.4 Å². The van der Waals surface area contributed by atoms with E-state index in [1.807, 2.05) is 26.0 Å². The monoisotopic (exact) mass is 371 g/mol. The molecule has 2 rings (SSSR count). The topological polar surface area (TPSA) is 120 Å². The molecular formula is C19H21N3O5. The summed E-state index contributed by atoms with van der Waals surface area (Å²) in [5.41, 5.74) is 3.80. The largest absolute Gasteiger partial charge is 0.507 e. The molecule has 0 aliphatic carbocycles. The van der Waals surface area contributed by atoms with Crippen LogP contribution < -0.4 is 15.4 Å². The first-order valence-corrected chi connectivity index (χ1v) is 8.13. The Morgan fingerprint density at radius 3 is 2.41 bits per heavy atom. The molecule has 2 amide bonds. The maximum atomic E-state index is 11.2. The summed E-state index contributed by atoms with van der Waals surface area (Å²) >= 11 is 0. The van der Waals surface area contributed by atoms with Gasteiger partial charge in [-0.15, -0.1) is 0 Å². The number of nitrogens with one attached hydrogen (secondary N) is 2. The molecule has 0 spiro atoms. The number of hydrogen-bond donors (Lipinski definition) is 4. The lowest BCUT2D eigenvalue weighted by Crippen LogP contribution is -2.21. The highest BCUT2D eigenvalue weighted by Crippen LogP contribution is 2.27. The lowest BCUT2D eigenvalue weighted by atomic mass is 10.0. The van der Waals surface area contributed by atoms with Crippen LogP contribution in [0.2, 0.25) is 0 Å². The average molecular weight is 371 g/mol. The quantitative estimate of drug-likeness (QED) is 0.601. The lowest BCUT2D eigenvalue weighted by Gasteiger charge is -2.09. The van der Waals surface area contributed by atoms with Gasteiger partial charge in [-0.1, -0.05) is 12.1 Å². The number of benzene rings is 2. The first-order chi connectivity index (χ1) is 12.8. The number of aryl methyl sites for hydroxylation is 2. The number of phenols is 1. The van der Waals surface area contributed by atoms with E-state index in [9.17, 15) is 14.7 Å². The SMILES string of the molecule is CNC(=O)Oc1ccc(C=Nc2c(C)cc(CNC(=O)O)cc2C)c(O)c1. The van der Waals surface area contributed by atoms with Crippen LogP contribution in [0.5, 0.6) is 11.5 Å². The molecule has 2 aromatic rings. The fraction of sp³-hybridized carbons (Fsp3) is 0.211. The van der Waals surface area contributed by atoms with E-state index in [1.54, 1.807) is 12.1 Å². The number of carbonyl (C=O) groups excluding carboxylic acids is 1.